The Morgan fingerprint density at radius 2 is 2.00 bits per heavy atom. The van der Waals surface area contributed by atoms with Gasteiger partial charge in [0.15, 0.2) is 0 Å². The Morgan fingerprint density at radius 1 is 1.45 bits per heavy atom. The van der Waals surface area contributed by atoms with Crippen molar-refractivity contribution in [2.45, 2.75) is 20.8 Å². The molecule has 1 rings (SSSR count). The maximum absolute atomic E-state index is 5.44. The Labute approximate surface area is 76.0 Å². The molecule has 0 atom stereocenters. The van der Waals surface area contributed by atoms with Crippen LogP contribution in [0, 0.1) is 6.92 Å². The zero-order valence-corrected chi connectivity index (χ0v) is 8.64. The van der Waals surface area contributed by atoms with E-state index in [0.717, 1.165) is 10.2 Å². The average Bonchev–Trinajstić information content (AvgIpc) is 2.02. The van der Waals surface area contributed by atoms with Gasteiger partial charge in [-0.3, -0.25) is 0 Å². The van der Waals surface area contributed by atoms with Gasteiger partial charge in [-0.1, -0.05) is 13.8 Å². The quantitative estimate of drug-likeness (QED) is 0.678. The van der Waals surface area contributed by atoms with Crippen LogP contribution in [0.3, 0.4) is 0 Å². The lowest BCUT2D eigenvalue weighted by molar-refractivity contribution is 1.22. The minimum absolute atomic E-state index is 0.704. The monoisotopic (exact) mass is 216 g/mol. The van der Waals surface area contributed by atoms with E-state index in [1.54, 1.807) is 6.20 Å². The van der Waals surface area contributed by atoms with Crippen LogP contribution in [0.4, 0.5) is 5.69 Å². The zero-order chi connectivity index (χ0) is 8.85. The molecule has 1 heterocycles. The third-order valence-corrected chi connectivity index (χ3v) is 1.87. The summed E-state index contributed by atoms with van der Waals surface area (Å²) in [5.41, 5.74) is 7.21. The van der Waals surface area contributed by atoms with Crippen LogP contribution in [0.5, 0.6) is 0 Å². The molecule has 11 heavy (non-hydrogen) atoms. The summed E-state index contributed by atoms with van der Waals surface area (Å²) >= 11 is 3.26. The first-order chi connectivity index (χ1) is 5.20. The minimum Gasteiger partial charge on any atom is -0.397 e. The smallest absolute Gasteiger partial charge is 0.109 e. The van der Waals surface area contributed by atoms with Gasteiger partial charge in [0.05, 0.1) is 11.9 Å². The van der Waals surface area contributed by atoms with Gasteiger partial charge in [-0.05, 0) is 34.5 Å². The number of pyridine rings is 1. The number of hydrogen-bond donors (Lipinski definition) is 1. The summed E-state index contributed by atoms with van der Waals surface area (Å²) < 4.78 is 0.858. The van der Waals surface area contributed by atoms with Gasteiger partial charge in [0.2, 0.25) is 0 Å². The number of nitrogen functional groups attached to an aromatic ring is 1. The molecule has 2 N–H and O–H groups in total. The topological polar surface area (TPSA) is 38.9 Å². The van der Waals surface area contributed by atoms with E-state index in [1.807, 2.05) is 26.8 Å². The van der Waals surface area contributed by atoms with Crippen molar-refractivity contribution in [2.75, 3.05) is 5.73 Å². The molecule has 0 aliphatic rings. The first kappa shape index (κ1) is 10.4. The van der Waals surface area contributed by atoms with E-state index < -0.39 is 0 Å². The highest BCUT2D eigenvalue weighted by molar-refractivity contribution is 9.10. The molecule has 0 bridgehead atoms. The lowest BCUT2D eigenvalue weighted by Crippen LogP contribution is -1.88. The third kappa shape index (κ3) is 3.37. The van der Waals surface area contributed by atoms with Crippen molar-refractivity contribution in [3.8, 4) is 0 Å². The highest BCUT2D eigenvalue weighted by Gasteiger charge is 1.92. The standard InChI is InChI=1S/C6H7BrN2.C2H6/c1-4-2-5(8)3-9-6(4)7;1-2/h2-3H,8H2,1H3;1-2H3. The number of hydrogen-bond acceptors (Lipinski definition) is 2. The molecule has 0 saturated heterocycles. The Balaban J connectivity index is 0.000000461. The molecule has 0 aliphatic heterocycles. The molecule has 62 valence electrons. The molecule has 0 fully saturated rings. The largest absolute Gasteiger partial charge is 0.397 e. The number of aromatic nitrogens is 1. The fourth-order valence-corrected chi connectivity index (χ4v) is 0.797. The predicted molar refractivity (Wildman–Crippen MR) is 52.4 cm³/mol. The van der Waals surface area contributed by atoms with Gasteiger partial charge >= 0.3 is 0 Å². The molecule has 3 heteroatoms. The molecular weight excluding hydrogens is 204 g/mol. The second-order valence-electron chi connectivity index (χ2n) is 1.88. The summed E-state index contributed by atoms with van der Waals surface area (Å²) in [4.78, 5) is 3.97. The molecule has 2 nitrogen and oxygen atoms in total. The molecule has 0 aromatic carbocycles. The van der Waals surface area contributed by atoms with Gasteiger partial charge in [-0.25, -0.2) is 4.98 Å². The van der Waals surface area contributed by atoms with E-state index in [2.05, 4.69) is 20.9 Å². The normalized spacial score (nSPS) is 8.36. The highest BCUT2D eigenvalue weighted by Crippen LogP contribution is 2.13. The van der Waals surface area contributed by atoms with Crippen molar-refractivity contribution >= 4 is 21.6 Å². The second kappa shape index (κ2) is 5.13. The van der Waals surface area contributed by atoms with Crippen LogP contribution in [0.25, 0.3) is 0 Å². The SMILES string of the molecule is CC.Cc1cc(N)cnc1Br. The van der Waals surface area contributed by atoms with E-state index >= 15 is 0 Å². The molecule has 0 spiro atoms. The van der Waals surface area contributed by atoms with Crippen molar-refractivity contribution in [1.29, 1.82) is 0 Å². The number of anilines is 1. The molecule has 0 aliphatic carbocycles. The fraction of sp³-hybridized carbons (Fsp3) is 0.375. The number of nitrogens with zero attached hydrogens (tertiary/aromatic N) is 1. The zero-order valence-electron chi connectivity index (χ0n) is 7.06. The minimum atomic E-state index is 0.704. The van der Waals surface area contributed by atoms with Crippen LogP contribution >= 0.6 is 15.9 Å². The summed E-state index contributed by atoms with van der Waals surface area (Å²) in [6.45, 7) is 5.95. The Hall–Kier alpha value is -0.570. The maximum atomic E-state index is 5.44. The predicted octanol–water partition coefficient (Wildman–Crippen LogP) is 2.76. The Bertz CT molecular complexity index is 223. The van der Waals surface area contributed by atoms with Gasteiger partial charge in [0.25, 0.3) is 0 Å². The van der Waals surface area contributed by atoms with Crippen molar-refractivity contribution < 1.29 is 0 Å². The summed E-state index contributed by atoms with van der Waals surface area (Å²) in [5, 5.41) is 0. The fourth-order valence-electron chi connectivity index (χ4n) is 0.580. The van der Waals surface area contributed by atoms with Gasteiger partial charge < -0.3 is 5.73 Å². The Kier molecular flexibility index (Phi) is 4.86. The van der Waals surface area contributed by atoms with Gasteiger partial charge in [-0.2, -0.15) is 0 Å². The summed E-state index contributed by atoms with van der Waals surface area (Å²) in [6, 6.07) is 1.87. The van der Waals surface area contributed by atoms with Crippen LogP contribution in [0.1, 0.15) is 19.4 Å². The van der Waals surface area contributed by atoms with Gasteiger partial charge in [0.1, 0.15) is 4.60 Å². The number of aryl methyl sites for hydroxylation is 1. The molecule has 0 saturated carbocycles. The van der Waals surface area contributed by atoms with Crippen molar-refractivity contribution in [1.82, 2.24) is 4.98 Å². The molecular formula is C8H13BrN2. The summed E-state index contributed by atoms with van der Waals surface area (Å²) in [7, 11) is 0. The summed E-state index contributed by atoms with van der Waals surface area (Å²) in [6.07, 6.45) is 1.62. The number of rotatable bonds is 0. The average molecular weight is 217 g/mol. The van der Waals surface area contributed by atoms with E-state index in [9.17, 15) is 0 Å². The van der Waals surface area contributed by atoms with E-state index in [1.165, 1.54) is 0 Å². The van der Waals surface area contributed by atoms with Gasteiger partial charge in [-0.15, -0.1) is 0 Å². The van der Waals surface area contributed by atoms with E-state index in [-0.39, 0.29) is 0 Å². The lowest BCUT2D eigenvalue weighted by Gasteiger charge is -1.95. The third-order valence-electron chi connectivity index (χ3n) is 1.04. The van der Waals surface area contributed by atoms with E-state index in [4.69, 9.17) is 5.73 Å². The number of halogens is 1. The van der Waals surface area contributed by atoms with Crippen molar-refractivity contribution in [2.24, 2.45) is 0 Å². The summed E-state index contributed by atoms with van der Waals surface area (Å²) in [5.74, 6) is 0. The second-order valence-corrected chi connectivity index (χ2v) is 2.63. The van der Waals surface area contributed by atoms with Crippen LogP contribution in [0.2, 0.25) is 0 Å². The van der Waals surface area contributed by atoms with E-state index in [0.29, 0.717) is 5.69 Å². The molecule has 1 aromatic rings. The molecule has 1 aromatic heterocycles. The Morgan fingerprint density at radius 3 is 2.36 bits per heavy atom. The van der Waals surface area contributed by atoms with Crippen LogP contribution in [-0.2, 0) is 0 Å². The molecule has 0 amide bonds. The number of nitrogens with two attached hydrogens (primary N) is 1. The first-order valence-electron chi connectivity index (χ1n) is 3.58. The molecule has 0 radical (unpaired) electrons. The van der Waals surface area contributed by atoms with Crippen molar-refractivity contribution in [3.63, 3.8) is 0 Å². The van der Waals surface area contributed by atoms with Crippen LogP contribution < -0.4 is 5.73 Å². The highest BCUT2D eigenvalue weighted by atomic mass is 79.9. The maximum Gasteiger partial charge on any atom is 0.109 e. The van der Waals surface area contributed by atoms with Gasteiger partial charge in [0, 0.05) is 0 Å². The van der Waals surface area contributed by atoms with Crippen molar-refractivity contribution in [3.05, 3.63) is 22.4 Å². The van der Waals surface area contributed by atoms with Crippen LogP contribution in [0.15, 0.2) is 16.9 Å². The first-order valence-corrected chi connectivity index (χ1v) is 4.37. The van der Waals surface area contributed by atoms with Crippen LogP contribution in [-0.4, -0.2) is 4.98 Å². The molecule has 0 unspecified atom stereocenters. The lowest BCUT2D eigenvalue weighted by atomic mass is 10.3.